The summed E-state index contributed by atoms with van der Waals surface area (Å²) in [6, 6.07) is 12.2. The van der Waals surface area contributed by atoms with Gasteiger partial charge in [0.25, 0.3) is 5.91 Å². The van der Waals surface area contributed by atoms with Gasteiger partial charge in [0.2, 0.25) is 10.0 Å². The van der Waals surface area contributed by atoms with Crippen LogP contribution in [-0.2, 0) is 14.8 Å². The summed E-state index contributed by atoms with van der Waals surface area (Å²) < 4.78 is 49.1. The van der Waals surface area contributed by atoms with Crippen molar-refractivity contribution in [3.05, 3.63) is 54.3 Å². The van der Waals surface area contributed by atoms with Gasteiger partial charge in [0.05, 0.1) is 25.0 Å². The van der Waals surface area contributed by atoms with Crippen molar-refractivity contribution in [3.8, 4) is 11.5 Å². The second-order valence-corrected chi connectivity index (χ2v) is 7.87. The molecule has 1 heterocycles. The molecule has 1 amide bonds. The van der Waals surface area contributed by atoms with Crippen LogP contribution in [-0.4, -0.2) is 46.4 Å². The number of halogens is 1. The van der Waals surface area contributed by atoms with Crippen molar-refractivity contribution < 1.29 is 27.1 Å². The van der Waals surface area contributed by atoms with E-state index in [1.165, 1.54) is 24.3 Å². The topological polar surface area (TPSA) is 84.9 Å². The highest BCUT2D eigenvalue weighted by atomic mass is 32.2. The number of hydrogen-bond donors (Lipinski definition) is 1. The molecule has 144 valence electrons. The number of nitrogens with one attached hydrogen (secondary N) is 1. The fourth-order valence-corrected chi connectivity index (χ4v) is 3.55. The second kappa shape index (κ2) is 7.83. The Morgan fingerprint density at radius 1 is 1.26 bits per heavy atom. The number of para-hydroxylation sites is 2. The normalized spacial score (nSPS) is 16.2. The highest BCUT2D eigenvalue weighted by molar-refractivity contribution is 7.92. The summed E-state index contributed by atoms with van der Waals surface area (Å²) in [7, 11) is -3.55. The van der Waals surface area contributed by atoms with Crippen LogP contribution in [0.3, 0.4) is 0 Å². The van der Waals surface area contributed by atoms with E-state index in [1.807, 2.05) is 0 Å². The Kier molecular flexibility index (Phi) is 5.50. The molecule has 0 bridgehead atoms. The van der Waals surface area contributed by atoms with E-state index in [0.29, 0.717) is 17.2 Å². The molecular weight excluding hydrogens is 375 g/mol. The third-order valence-electron chi connectivity index (χ3n) is 3.91. The SMILES string of the molecule is CS(=O)(=O)N1C[C@@H](C(=O)NCCOc2ccc(F)cc2)Oc2ccccc21. The molecule has 7 nitrogen and oxygen atoms in total. The number of fused-ring (bicyclic) bond motifs is 1. The maximum Gasteiger partial charge on any atom is 0.263 e. The highest BCUT2D eigenvalue weighted by Gasteiger charge is 2.34. The average Bonchev–Trinajstić information content (AvgIpc) is 2.64. The summed E-state index contributed by atoms with van der Waals surface area (Å²) in [5.74, 6) is 0.00954. The third-order valence-corrected chi connectivity index (χ3v) is 5.06. The summed E-state index contributed by atoms with van der Waals surface area (Å²) in [5.41, 5.74) is 0.406. The smallest absolute Gasteiger partial charge is 0.263 e. The van der Waals surface area contributed by atoms with Gasteiger partial charge in [0.1, 0.15) is 23.9 Å². The Morgan fingerprint density at radius 3 is 2.67 bits per heavy atom. The summed E-state index contributed by atoms with van der Waals surface area (Å²) in [5, 5.41) is 2.65. The molecule has 1 atom stereocenters. The van der Waals surface area contributed by atoms with E-state index in [-0.39, 0.29) is 25.5 Å². The zero-order valence-electron chi connectivity index (χ0n) is 14.6. The molecule has 1 aliphatic heterocycles. The molecule has 0 saturated carbocycles. The van der Waals surface area contributed by atoms with Gasteiger partial charge >= 0.3 is 0 Å². The lowest BCUT2D eigenvalue weighted by Crippen LogP contribution is -2.51. The molecule has 2 aromatic carbocycles. The molecule has 9 heteroatoms. The number of carbonyl (C=O) groups excluding carboxylic acids is 1. The molecule has 0 saturated heterocycles. The van der Waals surface area contributed by atoms with Crippen LogP contribution in [0.4, 0.5) is 10.1 Å². The molecule has 1 N–H and O–H groups in total. The van der Waals surface area contributed by atoms with Gasteiger partial charge < -0.3 is 14.8 Å². The molecule has 27 heavy (non-hydrogen) atoms. The first kappa shape index (κ1) is 19.0. The number of nitrogens with zero attached hydrogens (tertiary/aromatic N) is 1. The van der Waals surface area contributed by atoms with Gasteiger partial charge in [-0.2, -0.15) is 0 Å². The molecule has 1 aliphatic rings. The van der Waals surface area contributed by atoms with Crippen molar-refractivity contribution >= 4 is 21.6 Å². The molecular formula is C18H19FN2O5S. The predicted molar refractivity (Wildman–Crippen MR) is 98.0 cm³/mol. The van der Waals surface area contributed by atoms with E-state index in [1.54, 1.807) is 24.3 Å². The van der Waals surface area contributed by atoms with Crippen LogP contribution in [0.2, 0.25) is 0 Å². The molecule has 0 unspecified atom stereocenters. The summed E-state index contributed by atoms with van der Waals surface area (Å²) >= 11 is 0. The van der Waals surface area contributed by atoms with Crippen molar-refractivity contribution in [2.24, 2.45) is 0 Å². The fourth-order valence-electron chi connectivity index (χ4n) is 2.64. The van der Waals surface area contributed by atoms with Crippen molar-refractivity contribution in [2.45, 2.75) is 6.10 Å². The van der Waals surface area contributed by atoms with Crippen molar-refractivity contribution in [1.82, 2.24) is 5.32 Å². The number of hydrogen-bond acceptors (Lipinski definition) is 5. The monoisotopic (exact) mass is 394 g/mol. The average molecular weight is 394 g/mol. The second-order valence-electron chi connectivity index (χ2n) is 5.96. The van der Waals surface area contributed by atoms with Crippen molar-refractivity contribution in [1.29, 1.82) is 0 Å². The lowest BCUT2D eigenvalue weighted by molar-refractivity contribution is -0.127. The van der Waals surface area contributed by atoms with Gasteiger partial charge in [-0.15, -0.1) is 0 Å². The molecule has 0 aliphatic carbocycles. The Bertz CT molecular complexity index is 918. The number of rotatable bonds is 6. The van der Waals surface area contributed by atoms with E-state index in [2.05, 4.69) is 5.32 Å². The summed E-state index contributed by atoms with van der Waals surface area (Å²) in [4.78, 5) is 12.4. The number of ether oxygens (including phenoxy) is 2. The zero-order chi connectivity index (χ0) is 19.4. The van der Waals surface area contributed by atoms with Gasteiger partial charge in [-0.3, -0.25) is 9.10 Å². The summed E-state index contributed by atoms with van der Waals surface area (Å²) in [6.07, 6.45) is 0.112. The quantitative estimate of drug-likeness (QED) is 0.752. The van der Waals surface area contributed by atoms with E-state index in [4.69, 9.17) is 9.47 Å². The first-order valence-electron chi connectivity index (χ1n) is 8.24. The Balaban J connectivity index is 1.58. The Morgan fingerprint density at radius 2 is 1.96 bits per heavy atom. The predicted octanol–water partition coefficient (Wildman–Crippen LogP) is 1.55. The Hall–Kier alpha value is -2.81. The number of carbonyl (C=O) groups is 1. The van der Waals surface area contributed by atoms with Gasteiger partial charge in [-0.1, -0.05) is 12.1 Å². The maximum atomic E-state index is 12.8. The van der Waals surface area contributed by atoms with Crippen LogP contribution in [0.25, 0.3) is 0 Å². The minimum atomic E-state index is -3.55. The van der Waals surface area contributed by atoms with Crippen LogP contribution in [0.15, 0.2) is 48.5 Å². The standard InChI is InChI=1S/C18H19FN2O5S/c1-27(23,24)21-12-17(26-16-5-3-2-4-15(16)21)18(22)20-10-11-25-14-8-6-13(19)7-9-14/h2-9,17H,10-12H2,1H3,(H,20,22)/t17-/m0/s1. The first-order chi connectivity index (χ1) is 12.8. The third kappa shape index (κ3) is 4.68. The highest BCUT2D eigenvalue weighted by Crippen LogP contribution is 2.34. The lowest BCUT2D eigenvalue weighted by atomic mass is 10.2. The van der Waals surface area contributed by atoms with Crippen LogP contribution in [0.1, 0.15) is 0 Å². The molecule has 3 rings (SSSR count). The lowest BCUT2D eigenvalue weighted by Gasteiger charge is -2.33. The van der Waals surface area contributed by atoms with Gasteiger partial charge in [-0.25, -0.2) is 12.8 Å². The molecule has 0 radical (unpaired) electrons. The van der Waals surface area contributed by atoms with Crippen LogP contribution in [0.5, 0.6) is 11.5 Å². The minimum absolute atomic E-state index is 0.111. The fraction of sp³-hybridized carbons (Fsp3) is 0.278. The van der Waals surface area contributed by atoms with Gasteiger partial charge in [0.15, 0.2) is 6.10 Å². The largest absolute Gasteiger partial charge is 0.492 e. The minimum Gasteiger partial charge on any atom is -0.492 e. The zero-order valence-corrected chi connectivity index (χ0v) is 15.4. The van der Waals surface area contributed by atoms with Gasteiger partial charge in [0, 0.05) is 0 Å². The number of amides is 1. The first-order valence-corrected chi connectivity index (χ1v) is 10.1. The maximum absolute atomic E-state index is 12.8. The van der Waals surface area contributed by atoms with Crippen molar-refractivity contribution in [2.75, 3.05) is 30.3 Å². The van der Waals surface area contributed by atoms with E-state index in [9.17, 15) is 17.6 Å². The molecule has 0 fully saturated rings. The van der Waals surface area contributed by atoms with Crippen LogP contribution in [0, 0.1) is 5.82 Å². The van der Waals surface area contributed by atoms with E-state index in [0.717, 1.165) is 10.6 Å². The molecule has 2 aromatic rings. The van der Waals surface area contributed by atoms with E-state index < -0.39 is 22.0 Å². The van der Waals surface area contributed by atoms with Crippen LogP contribution < -0.4 is 19.1 Å². The number of sulfonamides is 1. The Labute approximate surface area is 156 Å². The molecule has 0 spiro atoms. The van der Waals surface area contributed by atoms with Crippen LogP contribution >= 0.6 is 0 Å². The number of benzene rings is 2. The van der Waals surface area contributed by atoms with Crippen molar-refractivity contribution in [3.63, 3.8) is 0 Å². The summed E-state index contributed by atoms with van der Waals surface area (Å²) in [6.45, 7) is 0.258. The van der Waals surface area contributed by atoms with E-state index >= 15 is 0 Å². The number of anilines is 1. The molecule has 0 aromatic heterocycles. The van der Waals surface area contributed by atoms with Gasteiger partial charge in [-0.05, 0) is 36.4 Å².